The lowest BCUT2D eigenvalue weighted by molar-refractivity contribution is -0.00227. The molecule has 0 amide bonds. The van der Waals surface area contributed by atoms with Gasteiger partial charge in [0.2, 0.25) is 0 Å². The molecule has 1 N–H and O–H groups in total. The third-order valence-electron chi connectivity index (χ3n) is 4.88. The van der Waals surface area contributed by atoms with Crippen LogP contribution in [0, 0.1) is 5.41 Å². The van der Waals surface area contributed by atoms with Crippen LogP contribution in [-0.4, -0.2) is 62.2 Å². The fraction of sp³-hybridized carbons (Fsp3) is 1.00. The maximum Gasteiger partial charge on any atom is 0.0809 e. The number of aliphatic hydroxyl groups is 1. The van der Waals surface area contributed by atoms with Gasteiger partial charge in [-0.3, -0.25) is 0 Å². The number of rotatable bonds is 7. The maximum absolute atomic E-state index is 9.51. The summed E-state index contributed by atoms with van der Waals surface area (Å²) in [5, 5.41) is 9.51. The van der Waals surface area contributed by atoms with Crippen molar-refractivity contribution in [2.75, 3.05) is 46.1 Å². The zero-order chi connectivity index (χ0) is 13.6. The van der Waals surface area contributed by atoms with E-state index in [1.807, 2.05) is 0 Å². The first-order valence-corrected chi connectivity index (χ1v) is 7.80. The lowest BCUT2D eigenvalue weighted by atomic mass is 9.77. The molecule has 2 saturated heterocycles. The van der Waals surface area contributed by atoms with Gasteiger partial charge in [0.25, 0.3) is 0 Å². The number of hydrogen-bond acceptors (Lipinski definition) is 4. The average Bonchev–Trinajstić information content (AvgIpc) is 2.98. The van der Waals surface area contributed by atoms with E-state index in [4.69, 9.17) is 9.47 Å². The smallest absolute Gasteiger partial charge is 0.0809 e. The van der Waals surface area contributed by atoms with Gasteiger partial charge in [0.1, 0.15) is 0 Å². The van der Waals surface area contributed by atoms with Crippen molar-refractivity contribution in [1.29, 1.82) is 0 Å². The van der Waals surface area contributed by atoms with Crippen LogP contribution in [0.4, 0.5) is 0 Å². The minimum atomic E-state index is 0.190. The van der Waals surface area contributed by atoms with Crippen molar-refractivity contribution >= 4 is 0 Å². The summed E-state index contributed by atoms with van der Waals surface area (Å²) in [6.07, 6.45) is 5.99. The quantitative estimate of drug-likeness (QED) is 0.715. The van der Waals surface area contributed by atoms with Gasteiger partial charge in [-0.25, -0.2) is 0 Å². The van der Waals surface area contributed by atoms with Crippen LogP contribution in [-0.2, 0) is 9.47 Å². The first kappa shape index (κ1) is 15.2. The predicted octanol–water partition coefficient (Wildman–Crippen LogP) is 1.67. The van der Waals surface area contributed by atoms with E-state index < -0.39 is 0 Å². The van der Waals surface area contributed by atoms with Gasteiger partial charge in [0, 0.05) is 19.8 Å². The molecular weight excluding hydrogens is 242 g/mol. The summed E-state index contributed by atoms with van der Waals surface area (Å²) >= 11 is 0. The van der Waals surface area contributed by atoms with Crippen molar-refractivity contribution in [3.63, 3.8) is 0 Å². The molecule has 0 aromatic rings. The number of piperidine rings is 1. The Bertz CT molecular complexity index is 240. The molecule has 1 unspecified atom stereocenters. The Balaban J connectivity index is 1.55. The normalized spacial score (nSPS) is 27.8. The SMILES string of the molecule is CCC1(CO)CCN(CCOCC2CCCO2)CC1. The second-order valence-corrected chi connectivity index (χ2v) is 6.06. The molecule has 4 nitrogen and oxygen atoms in total. The van der Waals surface area contributed by atoms with E-state index >= 15 is 0 Å². The first-order valence-electron chi connectivity index (χ1n) is 7.80. The highest BCUT2D eigenvalue weighted by molar-refractivity contribution is 4.84. The Kier molecular flexibility index (Phi) is 6.07. The summed E-state index contributed by atoms with van der Waals surface area (Å²) in [6, 6.07) is 0. The van der Waals surface area contributed by atoms with Crippen molar-refractivity contribution in [3.05, 3.63) is 0 Å². The second-order valence-electron chi connectivity index (χ2n) is 6.06. The number of ether oxygens (including phenoxy) is 2. The van der Waals surface area contributed by atoms with Crippen molar-refractivity contribution in [2.24, 2.45) is 5.41 Å². The lowest BCUT2D eigenvalue weighted by Gasteiger charge is -2.40. The van der Waals surface area contributed by atoms with E-state index in [9.17, 15) is 5.11 Å². The van der Waals surface area contributed by atoms with Gasteiger partial charge in [-0.15, -0.1) is 0 Å². The zero-order valence-electron chi connectivity index (χ0n) is 12.3. The van der Waals surface area contributed by atoms with Crippen molar-refractivity contribution < 1.29 is 14.6 Å². The Hall–Kier alpha value is -0.160. The molecule has 19 heavy (non-hydrogen) atoms. The molecule has 2 rings (SSSR count). The molecule has 4 heteroatoms. The van der Waals surface area contributed by atoms with Crippen LogP contribution in [0.25, 0.3) is 0 Å². The van der Waals surface area contributed by atoms with Gasteiger partial charge < -0.3 is 19.5 Å². The van der Waals surface area contributed by atoms with Gasteiger partial charge in [-0.2, -0.15) is 0 Å². The van der Waals surface area contributed by atoms with E-state index in [-0.39, 0.29) is 5.41 Å². The molecule has 112 valence electrons. The minimum absolute atomic E-state index is 0.190. The molecule has 0 bridgehead atoms. The molecule has 2 heterocycles. The predicted molar refractivity (Wildman–Crippen MR) is 75.3 cm³/mol. The molecule has 0 saturated carbocycles. The van der Waals surface area contributed by atoms with Crippen LogP contribution in [0.5, 0.6) is 0 Å². The van der Waals surface area contributed by atoms with Crippen molar-refractivity contribution in [3.8, 4) is 0 Å². The van der Waals surface area contributed by atoms with E-state index in [1.165, 1.54) is 6.42 Å². The minimum Gasteiger partial charge on any atom is -0.396 e. The number of hydrogen-bond donors (Lipinski definition) is 1. The van der Waals surface area contributed by atoms with E-state index in [0.29, 0.717) is 12.7 Å². The number of likely N-dealkylation sites (tertiary alicyclic amines) is 1. The van der Waals surface area contributed by atoms with E-state index in [0.717, 1.165) is 65.1 Å². The highest BCUT2D eigenvalue weighted by atomic mass is 16.5. The number of nitrogens with zero attached hydrogens (tertiary/aromatic N) is 1. The summed E-state index contributed by atoms with van der Waals surface area (Å²) in [6.45, 7) is 8.19. The molecular formula is C15H29NO3. The molecule has 2 aliphatic heterocycles. The Morgan fingerprint density at radius 3 is 2.74 bits per heavy atom. The van der Waals surface area contributed by atoms with Gasteiger partial charge in [0.15, 0.2) is 0 Å². The van der Waals surface area contributed by atoms with Crippen LogP contribution in [0.3, 0.4) is 0 Å². The van der Waals surface area contributed by atoms with E-state index in [2.05, 4.69) is 11.8 Å². The average molecular weight is 271 g/mol. The summed E-state index contributed by atoms with van der Waals surface area (Å²) in [7, 11) is 0. The Morgan fingerprint density at radius 2 is 2.16 bits per heavy atom. The summed E-state index contributed by atoms with van der Waals surface area (Å²) in [4.78, 5) is 2.46. The fourth-order valence-electron chi connectivity index (χ4n) is 3.06. The Labute approximate surface area is 117 Å². The summed E-state index contributed by atoms with van der Waals surface area (Å²) < 4.78 is 11.2. The van der Waals surface area contributed by atoms with Crippen LogP contribution in [0.15, 0.2) is 0 Å². The highest BCUT2D eigenvalue weighted by Crippen LogP contribution is 2.33. The molecule has 0 aromatic heterocycles. The standard InChI is InChI=1S/C15H29NO3/c1-2-15(13-17)5-7-16(8-6-15)9-11-18-12-14-4-3-10-19-14/h14,17H,2-13H2,1H3. The summed E-state index contributed by atoms with van der Waals surface area (Å²) in [5.74, 6) is 0. The van der Waals surface area contributed by atoms with E-state index in [1.54, 1.807) is 0 Å². The molecule has 0 aliphatic carbocycles. The van der Waals surface area contributed by atoms with Gasteiger partial charge in [0.05, 0.1) is 19.3 Å². The van der Waals surface area contributed by atoms with Gasteiger partial charge in [-0.1, -0.05) is 6.92 Å². The highest BCUT2D eigenvalue weighted by Gasteiger charge is 2.31. The zero-order valence-corrected chi connectivity index (χ0v) is 12.3. The van der Waals surface area contributed by atoms with Crippen LogP contribution >= 0.6 is 0 Å². The molecule has 2 aliphatic rings. The number of aliphatic hydroxyl groups excluding tert-OH is 1. The largest absolute Gasteiger partial charge is 0.396 e. The second kappa shape index (κ2) is 7.58. The maximum atomic E-state index is 9.51. The third-order valence-corrected chi connectivity index (χ3v) is 4.88. The molecule has 0 radical (unpaired) electrons. The van der Waals surface area contributed by atoms with Crippen LogP contribution < -0.4 is 0 Å². The van der Waals surface area contributed by atoms with Crippen molar-refractivity contribution in [1.82, 2.24) is 4.90 Å². The van der Waals surface area contributed by atoms with Gasteiger partial charge in [-0.05, 0) is 50.6 Å². The fourth-order valence-corrected chi connectivity index (χ4v) is 3.06. The topological polar surface area (TPSA) is 41.9 Å². The molecule has 0 spiro atoms. The first-order chi connectivity index (χ1) is 9.28. The Morgan fingerprint density at radius 1 is 1.37 bits per heavy atom. The lowest BCUT2D eigenvalue weighted by Crippen LogP contribution is -2.43. The van der Waals surface area contributed by atoms with Gasteiger partial charge >= 0.3 is 0 Å². The molecule has 2 fully saturated rings. The van der Waals surface area contributed by atoms with Crippen molar-refractivity contribution in [2.45, 2.75) is 45.1 Å². The molecule has 1 atom stereocenters. The van der Waals surface area contributed by atoms with Crippen LogP contribution in [0.1, 0.15) is 39.0 Å². The molecule has 0 aromatic carbocycles. The van der Waals surface area contributed by atoms with Crippen LogP contribution in [0.2, 0.25) is 0 Å². The monoisotopic (exact) mass is 271 g/mol. The summed E-state index contributed by atoms with van der Waals surface area (Å²) in [5.41, 5.74) is 0.190. The third kappa shape index (κ3) is 4.42.